The van der Waals surface area contributed by atoms with Crippen LogP contribution < -0.4 is 0 Å². The Morgan fingerprint density at radius 2 is 1.75 bits per heavy atom. The third-order valence-corrected chi connectivity index (χ3v) is 3.55. The highest BCUT2D eigenvalue weighted by molar-refractivity contribution is 7.80. The van der Waals surface area contributed by atoms with Crippen LogP contribution in [0.2, 0.25) is 0 Å². The summed E-state index contributed by atoms with van der Waals surface area (Å²) in [6.07, 6.45) is 11.3. The van der Waals surface area contributed by atoms with E-state index in [4.69, 9.17) is 0 Å². The number of rotatable bonds is 4. The third kappa shape index (κ3) is 3.84. The largest absolute Gasteiger partial charge is 0.176 e. The van der Waals surface area contributed by atoms with E-state index in [9.17, 15) is 0 Å². The van der Waals surface area contributed by atoms with E-state index in [1.165, 1.54) is 51.4 Å². The molecule has 12 heavy (non-hydrogen) atoms. The van der Waals surface area contributed by atoms with Crippen LogP contribution in [-0.4, -0.2) is 5.25 Å². The van der Waals surface area contributed by atoms with Gasteiger partial charge in [-0.25, -0.2) is 0 Å². The summed E-state index contributed by atoms with van der Waals surface area (Å²) in [7, 11) is 0. The highest BCUT2D eigenvalue weighted by Crippen LogP contribution is 2.30. The van der Waals surface area contributed by atoms with E-state index in [2.05, 4.69) is 19.6 Å². The lowest BCUT2D eigenvalue weighted by Gasteiger charge is -2.25. The number of thiol groups is 1. The van der Waals surface area contributed by atoms with Gasteiger partial charge < -0.3 is 0 Å². The first kappa shape index (κ1) is 10.4. The Morgan fingerprint density at radius 3 is 2.33 bits per heavy atom. The Bertz CT molecular complexity index is 104. The normalized spacial score (nSPS) is 30.5. The molecule has 72 valence electrons. The Hall–Kier alpha value is 0.350. The van der Waals surface area contributed by atoms with E-state index in [1.54, 1.807) is 0 Å². The van der Waals surface area contributed by atoms with Gasteiger partial charge in [0, 0.05) is 5.25 Å². The van der Waals surface area contributed by atoms with Crippen molar-refractivity contribution in [3.05, 3.63) is 0 Å². The molecule has 0 radical (unpaired) electrons. The topological polar surface area (TPSA) is 0 Å². The summed E-state index contributed by atoms with van der Waals surface area (Å²) in [6.45, 7) is 2.28. The first-order valence-corrected chi connectivity index (χ1v) is 6.02. The van der Waals surface area contributed by atoms with Crippen LogP contribution in [0.25, 0.3) is 0 Å². The zero-order valence-corrected chi connectivity index (χ0v) is 9.15. The second-order valence-corrected chi connectivity index (χ2v) is 4.90. The van der Waals surface area contributed by atoms with Gasteiger partial charge in [0.2, 0.25) is 0 Å². The molecule has 1 aliphatic rings. The minimum atomic E-state index is 0.715. The SMILES string of the molecule is CCCCCC1CCC(S)CC1. The smallest absolute Gasteiger partial charge is 0.00170 e. The summed E-state index contributed by atoms with van der Waals surface area (Å²) in [5, 5.41) is 0.715. The molecule has 0 saturated heterocycles. The van der Waals surface area contributed by atoms with Crippen molar-refractivity contribution in [2.24, 2.45) is 5.92 Å². The minimum Gasteiger partial charge on any atom is -0.176 e. The van der Waals surface area contributed by atoms with Crippen LogP contribution in [0.3, 0.4) is 0 Å². The van der Waals surface area contributed by atoms with Gasteiger partial charge >= 0.3 is 0 Å². The van der Waals surface area contributed by atoms with E-state index in [-0.39, 0.29) is 0 Å². The Balaban J connectivity index is 2.01. The predicted octanol–water partition coefficient (Wildman–Crippen LogP) is 4.06. The number of unbranched alkanes of at least 4 members (excludes halogenated alkanes) is 2. The van der Waals surface area contributed by atoms with Crippen molar-refractivity contribution in [3.8, 4) is 0 Å². The average molecular weight is 186 g/mol. The van der Waals surface area contributed by atoms with Crippen LogP contribution >= 0.6 is 12.6 Å². The molecule has 0 aromatic heterocycles. The molecule has 0 aliphatic heterocycles. The van der Waals surface area contributed by atoms with E-state index in [0.29, 0.717) is 5.25 Å². The molecule has 0 aromatic rings. The standard InChI is InChI=1S/C11H22S/c1-2-3-4-5-10-6-8-11(12)9-7-10/h10-12H,2-9H2,1H3. The summed E-state index contributed by atoms with van der Waals surface area (Å²) in [5.41, 5.74) is 0. The summed E-state index contributed by atoms with van der Waals surface area (Å²) in [5.74, 6) is 1.04. The summed E-state index contributed by atoms with van der Waals surface area (Å²) >= 11 is 4.51. The highest BCUT2D eigenvalue weighted by atomic mass is 32.1. The van der Waals surface area contributed by atoms with Gasteiger partial charge in [0.15, 0.2) is 0 Å². The fourth-order valence-electron chi connectivity index (χ4n) is 2.12. The Kier molecular flexibility index (Phi) is 5.13. The molecular weight excluding hydrogens is 164 g/mol. The summed E-state index contributed by atoms with van der Waals surface area (Å²) in [6, 6.07) is 0. The number of hydrogen-bond donors (Lipinski definition) is 1. The van der Waals surface area contributed by atoms with Crippen LogP contribution in [-0.2, 0) is 0 Å². The van der Waals surface area contributed by atoms with Crippen LogP contribution in [0.5, 0.6) is 0 Å². The lowest BCUT2D eigenvalue weighted by Crippen LogP contribution is -2.14. The molecule has 0 N–H and O–H groups in total. The Labute approximate surface area is 82.5 Å². The quantitative estimate of drug-likeness (QED) is 0.497. The lowest BCUT2D eigenvalue weighted by molar-refractivity contribution is 0.336. The predicted molar refractivity (Wildman–Crippen MR) is 58.9 cm³/mol. The van der Waals surface area contributed by atoms with Crippen molar-refractivity contribution in [1.82, 2.24) is 0 Å². The second-order valence-electron chi connectivity index (χ2n) is 4.17. The average Bonchev–Trinajstić information content (AvgIpc) is 2.09. The molecule has 0 amide bonds. The maximum absolute atomic E-state index is 4.51. The van der Waals surface area contributed by atoms with Gasteiger partial charge in [0.1, 0.15) is 0 Å². The van der Waals surface area contributed by atoms with Crippen LogP contribution in [0, 0.1) is 5.92 Å². The van der Waals surface area contributed by atoms with Crippen molar-refractivity contribution in [3.63, 3.8) is 0 Å². The maximum atomic E-state index is 4.51. The lowest BCUT2D eigenvalue weighted by atomic mass is 9.85. The van der Waals surface area contributed by atoms with E-state index < -0.39 is 0 Å². The molecule has 1 aliphatic carbocycles. The van der Waals surface area contributed by atoms with Gasteiger partial charge in [-0.15, -0.1) is 0 Å². The monoisotopic (exact) mass is 186 g/mol. The van der Waals surface area contributed by atoms with Gasteiger partial charge in [-0.2, -0.15) is 12.6 Å². The Morgan fingerprint density at radius 1 is 1.08 bits per heavy atom. The van der Waals surface area contributed by atoms with Crippen molar-refractivity contribution in [2.45, 2.75) is 63.5 Å². The van der Waals surface area contributed by atoms with Gasteiger partial charge in [0.25, 0.3) is 0 Å². The van der Waals surface area contributed by atoms with Gasteiger partial charge in [-0.1, -0.05) is 32.6 Å². The number of hydrogen-bond acceptors (Lipinski definition) is 1. The summed E-state index contributed by atoms with van der Waals surface area (Å²) in [4.78, 5) is 0. The van der Waals surface area contributed by atoms with E-state index >= 15 is 0 Å². The first-order chi connectivity index (χ1) is 5.83. The summed E-state index contributed by atoms with van der Waals surface area (Å²) < 4.78 is 0. The molecule has 1 fully saturated rings. The van der Waals surface area contributed by atoms with Crippen LogP contribution in [0.4, 0.5) is 0 Å². The third-order valence-electron chi connectivity index (χ3n) is 3.03. The molecule has 0 unspecified atom stereocenters. The molecule has 0 atom stereocenters. The molecular formula is C11H22S. The van der Waals surface area contributed by atoms with Gasteiger partial charge in [0.05, 0.1) is 0 Å². The molecule has 0 heterocycles. The van der Waals surface area contributed by atoms with Crippen molar-refractivity contribution in [1.29, 1.82) is 0 Å². The molecule has 0 spiro atoms. The van der Waals surface area contributed by atoms with Gasteiger partial charge in [-0.05, 0) is 31.6 Å². The van der Waals surface area contributed by atoms with Crippen molar-refractivity contribution < 1.29 is 0 Å². The van der Waals surface area contributed by atoms with Crippen molar-refractivity contribution in [2.75, 3.05) is 0 Å². The van der Waals surface area contributed by atoms with Crippen molar-refractivity contribution >= 4 is 12.6 Å². The second kappa shape index (κ2) is 5.90. The van der Waals surface area contributed by atoms with E-state index in [0.717, 1.165) is 5.92 Å². The zero-order chi connectivity index (χ0) is 8.81. The van der Waals surface area contributed by atoms with E-state index in [1.807, 2.05) is 0 Å². The molecule has 0 nitrogen and oxygen atoms in total. The minimum absolute atomic E-state index is 0.715. The highest BCUT2D eigenvalue weighted by Gasteiger charge is 2.17. The first-order valence-electron chi connectivity index (χ1n) is 5.51. The molecule has 0 aromatic carbocycles. The zero-order valence-electron chi connectivity index (χ0n) is 8.26. The molecule has 0 bridgehead atoms. The fourth-order valence-corrected chi connectivity index (χ4v) is 2.41. The van der Waals surface area contributed by atoms with Crippen LogP contribution in [0.1, 0.15) is 58.3 Å². The molecule has 1 saturated carbocycles. The fraction of sp³-hybridized carbons (Fsp3) is 1.00. The maximum Gasteiger partial charge on any atom is 0.00170 e. The molecule has 1 rings (SSSR count). The van der Waals surface area contributed by atoms with Gasteiger partial charge in [-0.3, -0.25) is 0 Å². The molecule has 1 heteroatoms. The van der Waals surface area contributed by atoms with Crippen LogP contribution in [0.15, 0.2) is 0 Å².